The van der Waals surface area contributed by atoms with Crippen LogP contribution in [0.15, 0.2) is 18.2 Å². The molecule has 0 bridgehead atoms. The maximum atomic E-state index is 12.4. The molecule has 0 spiro atoms. The number of nitrogens with one attached hydrogen (secondary N) is 1. The molecule has 0 radical (unpaired) electrons. The molecule has 1 aliphatic rings. The Hall–Kier alpha value is -1.26. The molecule has 1 fully saturated rings. The molecule has 22 heavy (non-hydrogen) atoms. The molecular formula is C17H27ClN2O2. The molecule has 1 aliphatic heterocycles. The van der Waals surface area contributed by atoms with Crippen LogP contribution in [0.4, 0.5) is 0 Å². The van der Waals surface area contributed by atoms with E-state index in [1.807, 2.05) is 18.7 Å². The second-order valence-electron chi connectivity index (χ2n) is 6.02. The zero-order valence-electron chi connectivity index (χ0n) is 13.9. The Labute approximate surface area is 139 Å². The van der Waals surface area contributed by atoms with Gasteiger partial charge in [-0.1, -0.05) is 26.0 Å². The van der Waals surface area contributed by atoms with Gasteiger partial charge < -0.3 is 15.0 Å². The van der Waals surface area contributed by atoms with E-state index in [1.165, 1.54) is 5.56 Å². The number of piperazine rings is 1. The molecule has 1 atom stereocenters. The van der Waals surface area contributed by atoms with Gasteiger partial charge in [-0.05, 0) is 37.0 Å². The van der Waals surface area contributed by atoms with Crippen LogP contribution in [-0.4, -0.2) is 43.1 Å². The largest absolute Gasteiger partial charge is 0.481 e. The highest BCUT2D eigenvalue weighted by molar-refractivity contribution is 5.85. The quantitative estimate of drug-likeness (QED) is 0.925. The van der Waals surface area contributed by atoms with E-state index < -0.39 is 6.10 Å². The fourth-order valence-corrected chi connectivity index (χ4v) is 2.49. The van der Waals surface area contributed by atoms with Crippen molar-refractivity contribution in [2.45, 2.75) is 39.7 Å². The predicted molar refractivity (Wildman–Crippen MR) is 92.1 cm³/mol. The Morgan fingerprint density at radius 1 is 1.23 bits per heavy atom. The highest BCUT2D eigenvalue weighted by atomic mass is 35.5. The highest BCUT2D eigenvalue weighted by Crippen LogP contribution is 2.25. The lowest BCUT2D eigenvalue weighted by Gasteiger charge is -2.30. The lowest BCUT2D eigenvalue weighted by atomic mass is 10.0. The van der Waals surface area contributed by atoms with Crippen molar-refractivity contribution in [1.82, 2.24) is 10.2 Å². The van der Waals surface area contributed by atoms with Gasteiger partial charge in [0.1, 0.15) is 5.75 Å². The number of benzene rings is 1. The van der Waals surface area contributed by atoms with Crippen LogP contribution < -0.4 is 10.1 Å². The van der Waals surface area contributed by atoms with Crippen molar-refractivity contribution in [1.29, 1.82) is 0 Å². The number of ether oxygens (including phenoxy) is 1. The number of rotatable bonds is 4. The Morgan fingerprint density at radius 3 is 2.45 bits per heavy atom. The van der Waals surface area contributed by atoms with Crippen LogP contribution in [0.1, 0.15) is 37.8 Å². The van der Waals surface area contributed by atoms with E-state index in [2.05, 4.69) is 37.4 Å². The molecule has 1 heterocycles. The molecular weight excluding hydrogens is 300 g/mol. The molecule has 5 heteroatoms. The fourth-order valence-electron chi connectivity index (χ4n) is 2.49. The van der Waals surface area contributed by atoms with Gasteiger partial charge >= 0.3 is 0 Å². The molecule has 0 aromatic heterocycles. The Morgan fingerprint density at radius 2 is 1.86 bits per heavy atom. The van der Waals surface area contributed by atoms with Crippen LogP contribution >= 0.6 is 12.4 Å². The number of nitrogens with zero attached hydrogens (tertiary/aromatic N) is 1. The third-order valence-corrected chi connectivity index (χ3v) is 3.96. The standard InChI is InChI=1S/C17H26N2O2.ClH/c1-12(2)15-6-5-13(3)16(11-15)21-14(4)17(20)19-9-7-18-8-10-19;/h5-6,11-12,14,18H,7-10H2,1-4H3;1H. The molecule has 124 valence electrons. The topological polar surface area (TPSA) is 41.6 Å². The number of amides is 1. The summed E-state index contributed by atoms with van der Waals surface area (Å²) in [5.74, 6) is 1.34. The van der Waals surface area contributed by atoms with E-state index in [4.69, 9.17) is 4.74 Å². The second-order valence-corrected chi connectivity index (χ2v) is 6.02. The number of hydrogen-bond donors (Lipinski definition) is 1. The molecule has 2 rings (SSSR count). The summed E-state index contributed by atoms with van der Waals surface area (Å²) in [7, 11) is 0. The Bertz CT molecular complexity index is 499. The molecule has 0 aliphatic carbocycles. The molecule has 1 saturated heterocycles. The summed E-state index contributed by atoms with van der Waals surface area (Å²) in [6.07, 6.45) is -0.441. The van der Waals surface area contributed by atoms with Crippen molar-refractivity contribution in [3.63, 3.8) is 0 Å². The van der Waals surface area contributed by atoms with Gasteiger partial charge in [0.05, 0.1) is 0 Å². The zero-order chi connectivity index (χ0) is 15.4. The van der Waals surface area contributed by atoms with E-state index in [1.54, 1.807) is 0 Å². The third-order valence-electron chi connectivity index (χ3n) is 3.96. The van der Waals surface area contributed by atoms with Crippen LogP contribution in [-0.2, 0) is 4.79 Å². The van der Waals surface area contributed by atoms with Gasteiger partial charge in [-0.2, -0.15) is 0 Å². The van der Waals surface area contributed by atoms with Crippen LogP contribution in [0.25, 0.3) is 0 Å². The number of carbonyl (C=O) groups is 1. The summed E-state index contributed by atoms with van der Waals surface area (Å²) in [6, 6.07) is 6.24. The van der Waals surface area contributed by atoms with Crippen molar-refractivity contribution < 1.29 is 9.53 Å². The SMILES string of the molecule is Cc1ccc(C(C)C)cc1OC(C)C(=O)N1CCNCC1.Cl. The molecule has 4 nitrogen and oxygen atoms in total. The lowest BCUT2D eigenvalue weighted by molar-refractivity contribution is -0.138. The lowest BCUT2D eigenvalue weighted by Crippen LogP contribution is -2.50. The van der Waals surface area contributed by atoms with E-state index in [-0.39, 0.29) is 18.3 Å². The third kappa shape index (κ3) is 4.62. The first-order valence-electron chi connectivity index (χ1n) is 7.75. The number of aryl methyl sites for hydroxylation is 1. The van der Waals surface area contributed by atoms with Gasteiger partial charge in [0.25, 0.3) is 5.91 Å². The predicted octanol–water partition coefficient (Wildman–Crippen LogP) is 2.74. The van der Waals surface area contributed by atoms with Crippen molar-refractivity contribution in [2.75, 3.05) is 26.2 Å². The maximum Gasteiger partial charge on any atom is 0.263 e. The number of halogens is 1. The minimum atomic E-state index is -0.441. The first-order valence-corrected chi connectivity index (χ1v) is 7.75. The second kappa shape index (κ2) is 8.39. The van der Waals surface area contributed by atoms with Gasteiger partial charge in [0.15, 0.2) is 6.10 Å². The van der Waals surface area contributed by atoms with Crippen molar-refractivity contribution in [3.8, 4) is 5.75 Å². The van der Waals surface area contributed by atoms with Crippen LogP contribution in [0, 0.1) is 6.92 Å². The molecule has 1 aromatic rings. The summed E-state index contributed by atoms with van der Waals surface area (Å²) in [4.78, 5) is 14.3. The monoisotopic (exact) mass is 326 g/mol. The average Bonchev–Trinajstić information content (AvgIpc) is 2.49. The minimum Gasteiger partial charge on any atom is -0.481 e. The number of hydrogen-bond acceptors (Lipinski definition) is 3. The van der Waals surface area contributed by atoms with Gasteiger partial charge in [0.2, 0.25) is 0 Å². The molecule has 1 amide bonds. The average molecular weight is 327 g/mol. The summed E-state index contributed by atoms with van der Waals surface area (Å²) in [5, 5.41) is 3.25. The normalized spacial score (nSPS) is 16.1. The molecule has 1 unspecified atom stereocenters. The van der Waals surface area contributed by atoms with Crippen LogP contribution in [0.5, 0.6) is 5.75 Å². The maximum absolute atomic E-state index is 12.4. The van der Waals surface area contributed by atoms with Crippen LogP contribution in [0.3, 0.4) is 0 Å². The molecule has 1 aromatic carbocycles. The smallest absolute Gasteiger partial charge is 0.263 e. The molecule has 1 N–H and O–H groups in total. The van der Waals surface area contributed by atoms with Crippen molar-refractivity contribution in [2.24, 2.45) is 0 Å². The summed E-state index contributed by atoms with van der Waals surface area (Å²) < 4.78 is 5.94. The van der Waals surface area contributed by atoms with E-state index in [0.29, 0.717) is 5.92 Å². The molecule has 0 saturated carbocycles. The summed E-state index contributed by atoms with van der Waals surface area (Å²) >= 11 is 0. The number of carbonyl (C=O) groups excluding carboxylic acids is 1. The van der Waals surface area contributed by atoms with E-state index in [0.717, 1.165) is 37.5 Å². The zero-order valence-corrected chi connectivity index (χ0v) is 14.7. The summed E-state index contributed by atoms with van der Waals surface area (Å²) in [6.45, 7) is 11.4. The van der Waals surface area contributed by atoms with E-state index in [9.17, 15) is 4.79 Å². The first-order chi connectivity index (χ1) is 9.99. The fraction of sp³-hybridized carbons (Fsp3) is 0.588. The van der Waals surface area contributed by atoms with Gasteiger partial charge in [-0.25, -0.2) is 0 Å². The van der Waals surface area contributed by atoms with E-state index >= 15 is 0 Å². The Balaban J connectivity index is 0.00000242. The first kappa shape index (κ1) is 18.8. The highest BCUT2D eigenvalue weighted by Gasteiger charge is 2.23. The minimum absolute atomic E-state index is 0. The van der Waals surface area contributed by atoms with Gasteiger partial charge in [-0.3, -0.25) is 4.79 Å². The van der Waals surface area contributed by atoms with Crippen molar-refractivity contribution >= 4 is 18.3 Å². The summed E-state index contributed by atoms with van der Waals surface area (Å²) in [5.41, 5.74) is 2.30. The van der Waals surface area contributed by atoms with Gasteiger partial charge in [0, 0.05) is 26.2 Å². The van der Waals surface area contributed by atoms with Gasteiger partial charge in [-0.15, -0.1) is 12.4 Å². The Kier molecular flexibility index (Phi) is 7.17. The van der Waals surface area contributed by atoms with Crippen molar-refractivity contribution in [3.05, 3.63) is 29.3 Å². The van der Waals surface area contributed by atoms with Crippen LogP contribution in [0.2, 0.25) is 0 Å².